The monoisotopic (exact) mass is 338 g/mol. The largest absolute Gasteiger partial charge is 0.301 e. The van der Waals surface area contributed by atoms with Crippen LogP contribution in [0.5, 0.6) is 0 Å². The Morgan fingerprint density at radius 2 is 1.10 bits per heavy atom. The topological polar surface area (TPSA) is 6.48 Å². The van der Waals surface area contributed by atoms with Crippen molar-refractivity contribution in [1.82, 2.24) is 9.80 Å². The SMILES string of the molecule is CC1CCN(CCCN2CCC(C)CC2C)C(C)C1.Cl.Cl. The highest BCUT2D eigenvalue weighted by Gasteiger charge is 2.24. The lowest BCUT2D eigenvalue weighted by Gasteiger charge is -2.39. The van der Waals surface area contributed by atoms with Gasteiger partial charge in [0.25, 0.3) is 0 Å². The fourth-order valence-electron chi connectivity index (χ4n) is 4.05. The van der Waals surface area contributed by atoms with Crippen LogP contribution in [0.25, 0.3) is 0 Å². The van der Waals surface area contributed by atoms with E-state index in [-0.39, 0.29) is 24.8 Å². The molecule has 0 bridgehead atoms. The minimum atomic E-state index is 0. The van der Waals surface area contributed by atoms with Crippen molar-refractivity contribution < 1.29 is 0 Å². The lowest BCUT2D eigenvalue weighted by molar-refractivity contribution is 0.0998. The third-order valence-corrected chi connectivity index (χ3v) is 5.44. The van der Waals surface area contributed by atoms with Gasteiger partial charge in [0.2, 0.25) is 0 Å². The highest BCUT2D eigenvalue weighted by Crippen LogP contribution is 2.24. The Labute approximate surface area is 144 Å². The standard InChI is InChI=1S/C17H34N2.2ClH/c1-14-6-10-18(16(3)12-14)8-5-9-19-11-7-15(2)13-17(19)4;;/h14-17H,5-13H2,1-4H3;2*1H. The van der Waals surface area contributed by atoms with E-state index in [1.54, 1.807) is 0 Å². The molecular formula is C17H36Cl2N2. The maximum Gasteiger partial charge on any atom is 0.00694 e. The molecule has 0 saturated carbocycles. The Morgan fingerprint density at radius 3 is 1.43 bits per heavy atom. The molecule has 2 heterocycles. The van der Waals surface area contributed by atoms with Crippen LogP contribution in [0.2, 0.25) is 0 Å². The summed E-state index contributed by atoms with van der Waals surface area (Å²) in [6.45, 7) is 14.9. The summed E-state index contributed by atoms with van der Waals surface area (Å²) in [5.41, 5.74) is 0. The second kappa shape index (κ2) is 10.3. The van der Waals surface area contributed by atoms with Gasteiger partial charge in [0.1, 0.15) is 0 Å². The molecule has 2 aliphatic heterocycles. The Balaban J connectivity index is 0.00000200. The Morgan fingerprint density at radius 1 is 0.714 bits per heavy atom. The van der Waals surface area contributed by atoms with Gasteiger partial charge in [0.05, 0.1) is 0 Å². The summed E-state index contributed by atoms with van der Waals surface area (Å²) in [7, 11) is 0. The third kappa shape index (κ3) is 6.64. The van der Waals surface area contributed by atoms with Gasteiger partial charge in [-0.05, 0) is 84.0 Å². The second-order valence-corrected chi connectivity index (χ2v) is 7.38. The van der Waals surface area contributed by atoms with Crippen molar-refractivity contribution in [3.8, 4) is 0 Å². The molecule has 4 heteroatoms. The summed E-state index contributed by atoms with van der Waals surface area (Å²) < 4.78 is 0. The minimum Gasteiger partial charge on any atom is -0.301 e. The quantitative estimate of drug-likeness (QED) is 0.746. The predicted octanol–water partition coefficient (Wildman–Crippen LogP) is 4.46. The Bertz CT molecular complexity index is 250. The number of hydrogen-bond acceptors (Lipinski definition) is 2. The van der Waals surface area contributed by atoms with E-state index in [2.05, 4.69) is 37.5 Å². The molecule has 0 aromatic heterocycles. The summed E-state index contributed by atoms with van der Waals surface area (Å²) in [6, 6.07) is 1.62. The van der Waals surface area contributed by atoms with Crippen molar-refractivity contribution >= 4 is 24.8 Å². The van der Waals surface area contributed by atoms with Gasteiger partial charge in [0.15, 0.2) is 0 Å². The third-order valence-electron chi connectivity index (χ3n) is 5.44. The maximum atomic E-state index is 2.72. The van der Waals surface area contributed by atoms with Gasteiger partial charge in [-0.25, -0.2) is 0 Å². The van der Waals surface area contributed by atoms with Crippen molar-refractivity contribution in [3.63, 3.8) is 0 Å². The smallest absolute Gasteiger partial charge is 0.00694 e. The molecule has 0 amide bonds. The second-order valence-electron chi connectivity index (χ2n) is 7.38. The lowest BCUT2D eigenvalue weighted by atomic mass is 9.92. The molecule has 0 N–H and O–H groups in total. The van der Waals surface area contributed by atoms with Gasteiger partial charge in [-0.2, -0.15) is 0 Å². The Kier molecular flexibility index (Phi) is 10.6. The molecule has 21 heavy (non-hydrogen) atoms. The highest BCUT2D eigenvalue weighted by molar-refractivity contribution is 5.85. The fraction of sp³-hybridized carbons (Fsp3) is 1.00. The zero-order valence-electron chi connectivity index (χ0n) is 14.4. The maximum absolute atomic E-state index is 2.72. The summed E-state index contributed by atoms with van der Waals surface area (Å²) in [5, 5.41) is 0. The lowest BCUT2D eigenvalue weighted by Crippen LogP contribution is -2.44. The van der Waals surface area contributed by atoms with Gasteiger partial charge >= 0.3 is 0 Å². The number of rotatable bonds is 4. The van der Waals surface area contributed by atoms with Crippen molar-refractivity contribution in [3.05, 3.63) is 0 Å². The molecule has 2 saturated heterocycles. The molecule has 0 aromatic rings. The van der Waals surface area contributed by atoms with E-state index in [4.69, 9.17) is 0 Å². The van der Waals surface area contributed by atoms with Crippen LogP contribution in [0.15, 0.2) is 0 Å². The summed E-state index contributed by atoms with van der Waals surface area (Å²) in [6.07, 6.45) is 6.97. The molecule has 2 nitrogen and oxygen atoms in total. The van der Waals surface area contributed by atoms with Crippen molar-refractivity contribution in [1.29, 1.82) is 0 Å². The van der Waals surface area contributed by atoms with Crippen LogP contribution in [0.1, 0.15) is 59.8 Å². The molecule has 4 unspecified atom stereocenters. The van der Waals surface area contributed by atoms with Crippen molar-refractivity contribution in [2.75, 3.05) is 26.2 Å². The van der Waals surface area contributed by atoms with E-state index in [0.29, 0.717) is 0 Å². The van der Waals surface area contributed by atoms with Gasteiger partial charge in [-0.3, -0.25) is 0 Å². The summed E-state index contributed by atoms with van der Waals surface area (Å²) in [4.78, 5) is 5.44. The van der Waals surface area contributed by atoms with Crippen LogP contribution in [0, 0.1) is 11.8 Å². The summed E-state index contributed by atoms with van der Waals surface area (Å²) >= 11 is 0. The zero-order chi connectivity index (χ0) is 13.8. The van der Waals surface area contributed by atoms with E-state index in [0.717, 1.165) is 23.9 Å². The number of likely N-dealkylation sites (tertiary alicyclic amines) is 2. The van der Waals surface area contributed by atoms with Crippen LogP contribution in [-0.2, 0) is 0 Å². The van der Waals surface area contributed by atoms with E-state index >= 15 is 0 Å². The fourth-order valence-corrected chi connectivity index (χ4v) is 4.05. The predicted molar refractivity (Wildman–Crippen MR) is 98.0 cm³/mol. The van der Waals surface area contributed by atoms with Crippen LogP contribution < -0.4 is 0 Å². The van der Waals surface area contributed by atoms with Gasteiger partial charge in [-0.15, -0.1) is 24.8 Å². The molecule has 4 atom stereocenters. The van der Waals surface area contributed by atoms with Gasteiger partial charge in [0, 0.05) is 12.1 Å². The van der Waals surface area contributed by atoms with E-state index in [1.165, 1.54) is 58.3 Å². The number of nitrogens with zero attached hydrogens (tertiary/aromatic N) is 2. The first kappa shape index (κ1) is 21.5. The number of halogens is 2. The van der Waals surface area contributed by atoms with E-state index < -0.39 is 0 Å². The number of piperidine rings is 2. The first-order chi connectivity index (χ1) is 9.06. The molecule has 0 radical (unpaired) electrons. The molecule has 0 spiro atoms. The average molecular weight is 339 g/mol. The normalized spacial score (nSPS) is 34.9. The van der Waals surface area contributed by atoms with Crippen LogP contribution in [0.3, 0.4) is 0 Å². The van der Waals surface area contributed by atoms with Crippen LogP contribution in [-0.4, -0.2) is 48.1 Å². The van der Waals surface area contributed by atoms with Gasteiger partial charge < -0.3 is 9.80 Å². The molecule has 0 aromatic carbocycles. The molecule has 0 aliphatic carbocycles. The van der Waals surface area contributed by atoms with Crippen LogP contribution >= 0.6 is 24.8 Å². The van der Waals surface area contributed by atoms with Crippen molar-refractivity contribution in [2.24, 2.45) is 11.8 Å². The van der Waals surface area contributed by atoms with Gasteiger partial charge in [-0.1, -0.05) is 13.8 Å². The van der Waals surface area contributed by atoms with Crippen molar-refractivity contribution in [2.45, 2.75) is 71.9 Å². The minimum absolute atomic E-state index is 0. The molecular weight excluding hydrogens is 303 g/mol. The first-order valence-electron chi connectivity index (χ1n) is 8.54. The molecule has 2 aliphatic rings. The average Bonchev–Trinajstić information content (AvgIpc) is 2.34. The van der Waals surface area contributed by atoms with E-state index in [1.807, 2.05) is 0 Å². The highest BCUT2D eigenvalue weighted by atomic mass is 35.5. The molecule has 2 fully saturated rings. The summed E-state index contributed by atoms with van der Waals surface area (Å²) in [5.74, 6) is 1.88. The zero-order valence-corrected chi connectivity index (χ0v) is 16.0. The van der Waals surface area contributed by atoms with E-state index in [9.17, 15) is 0 Å². The molecule has 2 rings (SSSR count). The number of hydrogen-bond donors (Lipinski definition) is 0. The Hall–Kier alpha value is 0.500. The van der Waals surface area contributed by atoms with Crippen LogP contribution in [0.4, 0.5) is 0 Å². The molecule has 128 valence electrons. The first-order valence-corrected chi connectivity index (χ1v) is 8.54.